The van der Waals surface area contributed by atoms with Crippen LogP contribution in [0.4, 0.5) is 14.9 Å². The van der Waals surface area contributed by atoms with Crippen LogP contribution < -0.4 is 5.32 Å². The lowest BCUT2D eigenvalue weighted by molar-refractivity contribution is 0.111. The van der Waals surface area contributed by atoms with Crippen LogP contribution in [-0.4, -0.2) is 17.5 Å². The van der Waals surface area contributed by atoms with E-state index >= 15 is 0 Å². The second-order valence-electron chi connectivity index (χ2n) is 2.26. The number of hydrogen-bond acceptors (Lipinski definition) is 2. The quantitative estimate of drug-likeness (QED) is 0.686. The second-order valence-corrected chi connectivity index (χ2v) is 2.26. The Balaban J connectivity index is 3.07. The number of amides is 1. The minimum atomic E-state index is -1.37. The molecule has 0 saturated carbocycles. The third kappa shape index (κ3) is 2.02. The molecule has 0 aliphatic carbocycles. The highest BCUT2D eigenvalue weighted by molar-refractivity contribution is 5.85. The van der Waals surface area contributed by atoms with Crippen molar-refractivity contribution in [2.45, 2.75) is 0 Å². The standard InChI is InChI=1S/C8H6FNO3/c9-7-5(4-11)2-1-3-6(7)10-8(12)13/h1-4,10H,(H,12,13). The summed E-state index contributed by atoms with van der Waals surface area (Å²) >= 11 is 0. The molecule has 0 spiro atoms. The lowest BCUT2D eigenvalue weighted by Crippen LogP contribution is -2.09. The molecule has 2 N–H and O–H groups in total. The van der Waals surface area contributed by atoms with Crippen molar-refractivity contribution >= 4 is 18.1 Å². The molecule has 0 aliphatic heterocycles. The average molecular weight is 183 g/mol. The van der Waals surface area contributed by atoms with Gasteiger partial charge in [-0.1, -0.05) is 6.07 Å². The van der Waals surface area contributed by atoms with E-state index in [0.29, 0.717) is 6.29 Å². The number of aldehydes is 1. The molecule has 0 bridgehead atoms. The van der Waals surface area contributed by atoms with Gasteiger partial charge in [0.15, 0.2) is 12.1 Å². The number of carbonyl (C=O) groups excluding carboxylic acids is 1. The van der Waals surface area contributed by atoms with Crippen molar-refractivity contribution in [3.63, 3.8) is 0 Å². The van der Waals surface area contributed by atoms with Crippen molar-refractivity contribution in [2.24, 2.45) is 0 Å². The molecule has 13 heavy (non-hydrogen) atoms. The largest absolute Gasteiger partial charge is 0.465 e. The highest BCUT2D eigenvalue weighted by Crippen LogP contribution is 2.16. The summed E-state index contributed by atoms with van der Waals surface area (Å²) in [5.74, 6) is -0.861. The number of carbonyl (C=O) groups is 2. The number of rotatable bonds is 2. The van der Waals surface area contributed by atoms with E-state index in [0.717, 1.165) is 0 Å². The van der Waals surface area contributed by atoms with E-state index in [1.807, 2.05) is 5.32 Å². The smallest absolute Gasteiger partial charge is 0.409 e. The van der Waals surface area contributed by atoms with Crippen molar-refractivity contribution in [1.29, 1.82) is 0 Å². The van der Waals surface area contributed by atoms with Crippen LogP contribution in [0.2, 0.25) is 0 Å². The summed E-state index contributed by atoms with van der Waals surface area (Å²) in [6.07, 6.45) is -1.05. The van der Waals surface area contributed by atoms with Gasteiger partial charge in [-0.2, -0.15) is 0 Å². The third-order valence-electron chi connectivity index (χ3n) is 1.40. The van der Waals surface area contributed by atoms with Crippen molar-refractivity contribution in [3.05, 3.63) is 29.6 Å². The molecule has 0 aromatic heterocycles. The van der Waals surface area contributed by atoms with Crippen LogP contribution in [0.25, 0.3) is 0 Å². The number of carboxylic acid groups (broad SMARTS) is 1. The van der Waals surface area contributed by atoms with Crippen molar-refractivity contribution in [1.82, 2.24) is 0 Å². The summed E-state index contributed by atoms with van der Waals surface area (Å²) in [5.41, 5.74) is -0.400. The van der Waals surface area contributed by atoms with Crippen molar-refractivity contribution < 1.29 is 19.1 Å². The first-order chi connectivity index (χ1) is 6.15. The van der Waals surface area contributed by atoms with E-state index in [9.17, 15) is 14.0 Å². The average Bonchev–Trinajstić information content (AvgIpc) is 2.08. The fourth-order valence-electron chi connectivity index (χ4n) is 0.853. The van der Waals surface area contributed by atoms with Gasteiger partial charge >= 0.3 is 6.09 Å². The maximum Gasteiger partial charge on any atom is 0.409 e. The fourth-order valence-corrected chi connectivity index (χ4v) is 0.853. The number of benzene rings is 1. The van der Waals surface area contributed by atoms with Gasteiger partial charge in [-0.15, -0.1) is 0 Å². The topological polar surface area (TPSA) is 66.4 Å². The van der Waals surface area contributed by atoms with E-state index in [2.05, 4.69) is 0 Å². The molecule has 0 radical (unpaired) electrons. The van der Waals surface area contributed by atoms with Gasteiger partial charge in [0.1, 0.15) is 0 Å². The first-order valence-corrected chi connectivity index (χ1v) is 3.39. The molecule has 5 heteroatoms. The minimum Gasteiger partial charge on any atom is -0.465 e. The van der Waals surface area contributed by atoms with Crippen LogP contribution in [0.3, 0.4) is 0 Å². The number of hydrogen-bond donors (Lipinski definition) is 2. The zero-order valence-electron chi connectivity index (χ0n) is 6.45. The van der Waals surface area contributed by atoms with Gasteiger partial charge in [0.05, 0.1) is 11.3 Å². The van der Waals surface area contributed by atoms with E-state index in [1.54, 1.807) is 0 Å². The maximum atomic E-state index is 13.1. The molecular weight excluding hydrogens is 177 g/mol. The van der Waals surface area contributed by atoms with Gasteiger partial charge < -0.3 is 5.11 Å². The zero-order chi connectivity index (χ0) is 9.84. The normalized spacial score (nSPS) is 9.31. The van der Waals surface area contributed by atoms with Gasteiger partial charge in [0.2, 0.25) is 0 Å². The van der Waals surface area contributed by atoms with Crippen molar-refractivity contribution in [2.75, 3.05) is 5.32 Å². The number of nitrogens with one attached hydrogen (secondary N) is 1. The molecular formula is C8H6FNO3. The van der Waals surface area contributed by atoms with Crippen LogP contribution in [-0.2, 0) is 0 Å². The summed E-state index contributed by atoms with van der Waals surface area (Å²) in [7, 11) is 0. The lowest BCUT2D eigenvalue weighted by Gasteiger charge is -2.02. The Morgan fingerprint density at radius 2 is 2.23 bits per heavy atom. The SMILES string of the molecule is O=Cc1cccc(NC(=O)O)c1F. The minimum absolute atomic E-state index is 0.175. The molecule has 0 heterocycles. The van der Waals surface area contributed by atoms with Crippen LogP contribution in [0.5, 0.6) is 0 Å². The molecule has 68 valence electrons. The van der Waals surface area contributed by atoms with Gasteiger partial charge in [-0.25, -0.2) is 9.18 Å². The molecule has 1 amide bonds. The summed E-state index contributed by atoms with van der Waals surface area (Å²) in [6, 6.07) is 3.88. The summed E-state index contributed by atoms with van der Waals surface area (Å²) in [6.45, 7) is 0. The Bertz CT molecular complexity index is 351. The molecule has 4 nitrogen and oxygen atoms in total. The summed E-state index contributed by atoms with van der Waals surface area (Å²) in [5, 5.41) is 10.1. The summed E-state index contributed by atoms with van der Waals surface area (Å²) < 4.78 is 13.1. The molecule has 0 saturated heterocycles. The van der Waals surface area contributed by atoms with Crippen LogP contribution >= 0.6 is 0 Å². The number of anilines is 1. The van der Waals surface area contributed by atoms with E-state index in [4.69, 9.17) is 5.11 Å². The molecule has 1 aromatic carbocycles. The van der Waals surface area contributed by atoms with Gasteiger partial charge in [-0.3, -0.25) is 10.1 Å². The highest BCUT2D eigenvalue weighted by Gasteiger charge is 2.08. The van der Waals surface area contributed by atoms with Crippen LogP contribution in [0.1, 0.15) is 10.4 Å². The summed E-state index contributed by atoms with van der Waals surface area (Å²) in [4.78, 5) is 20.4. The second kappa shape index (κ2) is 3.66. The Kier molecular flexibility index (Phi) is 2.59. The zero-order valence-corrected chi connectivity index (χ0v) is 6.45. The van der Waals surface area contributed by atoms with E-state index in [-0.39, 0.29) is 11.3 Å². The Labute approximate surface area is 73.0 Å². The van der Waals surface area contributed by atoms with Gasteiger partial charge in [0.25, 0.3) is 0 Å². The van der Waals surface area contributed by atoms with E-state index in [1.165, 1.54) is 18.2 Å². The predicted octanol–water partition coefficient (Wildman–Crippen LogP) is 1.73. The molecule has 1 rings (SSSR count). The van der Waals surface area contributed by atoms with Gasteiger partial charge in [-0.05, 0) is 12.1 Å². The molecule has 0 unspecified atom stereocenters. The molecule has 0 atom stereocenters. The Hall–Kier alpha value is -1.91. The van der Waals surface area contributed by atoms with E-state index < -0.39 is 11.9 Å². The predicted molar refractivity (Wildman–Crippen MR) is 43.4 cm³/mol. The molecule has 0 fully saturated rings. The molecule has 1 aromatic rings. The van der Waals surface area contributed by atoms with Gasteiger partial charge in [0, 0.05) is 0 Å². The maximum absolute atomic E-state index is 13.1. The van der Waals surface area contributed by atoms with Crippen LogP contribution in [0.15, 0.2) is 18.2 Å². The first kappa shape index (κ1) is 9.18. The van der Waals surface area contributed by atoms with Crippen LogP contribution in [0, 0.1) is 5.82 Å². The first-order valence-electron chi connectivity index (χ1n) is 3.39. The monoisotopic (exact) mass is 183 g/mol. The highest BCUT2D eigenvalue weighted by atomic mass is 19.1. The number of halogens is 1. The fraction of sp³-hybridized carbons (Fsp3) is 0. The Morgan fingerprint density at radius 1 is 1.54 bits per heavy atom. The Morgan fingerprint density at radius 3 is 2.77 bits per heavy atom. The lowest BCUT2D eigenvalue weighted by atomic mass is 10.2. The third-order valence-corrected chi connectivity index (χ3v) is 1.40. The van der Waals surface area contributed by atoms with Crippen molar-refractivity contribution in [3.8, 4) is 0 Å². The molecule has 0 aliphatic rings.